The molecule has 4 heteroatoms. The van der Waals surface area contributed by atoms with Crippen molar-refractivity contribution >= 4 is 0 Å². The topological polar surface area (TPSA) is 51.4 Å². The Morgan fingerprint density at radius 3 is 2.76 bits per heavy atom. The molecule has 0 bridgehead atoms. The van der Waals surface area contributed by atoms with Gasteiger partial charge in [0.1, 0.15) is 5.75 Å². The molecule has 2 unspecified atom stereocenters. The van der Waals surface area contributed by atoms with Crippen molar-refractivity contribution in [3.63, 3.8) is 0 Å². The van der Waals surface area contributed by atoms with Crippen molar-refractivity contribution < 1.29 is 4.74 Å². The van der Waals surface area contributed by atoms with Gasteiger partial charge in [0.15, 0.2) is 0 Å². The minimum absolute atomic E-state index is 0.605. The average molecular weight is 291 g/mol. The Kier molecular flexibility index (Phi) is 5.59. The van der Waals surface area contributed by atoms with Crippen LogP contribution in [0.2, 0.25) is 0 Å². The van der Waals surface area contributed by atoms with Crippen molar-refractivity contribution in [3.05, 3.63) is 23.0 Å². The van der Waals surface area contributed by atoms with Crippen molar-refractivity contribution in [2.45, 2.75) is 52.6 Å². The van der Waals surface area contributed by atoms with Crippen LogP contribution < -0.4 is 10.5 Å². The van der Waals surface area contributed by atoms with Crippen molar-refractivity contribution in [2.24, 2.45) is 11.7 Å². The van der Waals surface area contributed by atoms with E-state index in [0.717, 1.165) is 36.6 Å². The van der Waals surface area contributed by atoms with Crippen molar-refractivity contribution in [1.82, 2.24) is 9.88 Å². The third-order valence-corrected chi connectivity index (χ3v) is 4.90. The van der Waals surface area contributed by atoms with Crippen LogP contribution in [0.5, 0.6) is 5.75 Å². The predicted molar refractivity (Wildman–Crippen MR) is 86.5 cm³/mol. The van der Waals surface area contributed by atoms with Crippen LogP contribution in [-0.2, 0) is 6.54 Å². The number of aromatic nitrogens is 1. The molecule has 0 spiro atoms. The molecule has 1 aliphatic carbocycles. The summed E-state index contributed by atoms with van der Waals surface area (Å²) in [5.41, 5.74) is 9.33. The van der Waals surface area contributed by atoms with Gasteiger partial charge in [0.25, 0.3) is 0 Å². The molecule has 1 heterocycles. The van der Waals surface area contributed by atoms with Crippen LogP contribution in [-0.4, -0.2) is 36.1 Å². The Balaban J connectivity index is 2.19. The minimum Gasteiger partial charge on any atom is -0.496 e. The van der Waals surface area contributed by atoms with E-state index in [4.69, 9.17) is 10.5 Å². The lowest BCUT2D eigenvalue weighted by Gasteiger charge is -2.32. The van der Waals surface area contributed by atoms with E-state index in [9.17, 15) is 0 Å². The quantitative estimate of drug-likeness (QED) is 0.875. The second-order valence-corrected chi connectivity index (χ2v) is 6.10. The van der Waals surface area contributed by atoms with Gasteiger partial charge in [-0.25, -0.2) is 0 Å². The standard InChI is InChI=1S/C17H29N3O/c1-5-20(16-8-6-7-14(16)9-18)11-15-13(3)17(21-4)12(2)10-19-15/h10,14,16H,5-9,11,18H2,1-4H3. The highest BCUT2D eigenvalue weighted by Crippen LogP contribution is 2.31. The van der Waals surface area contributed by atoms with E-state index in [0.29, 0.717) is 12.0 Å². The fourth-order valence-electron chi connectivity index (χ4n) is 3.66. The lowest BCUT2D eigenvalue weighted by molar-refractivity contribution is 0.160. The molecule has 1 saturated carbocycles. The number of ether oxygens (including phenoxy) is 1. The van der Waals surface area contributed by atoms with Crippen LogP contribution >= 0.6 is 0 Å². The minimum atomic E-state index is 0.605. The zero-order chi connectivity index (χ0) is 15.4. The van der Waals surface area contributed by atoms with E-state index in [1.807, 2.05) is 13.1 Å². The van der Waals surface area contributed by atoms with Gasteiger partial charge in [-0.05, 0) is 45.7 Å². The first-order valence-corrected chi connectivity index (χ1v) is 8.05. The molecular weight excluding hydrogens is 262 g/mol. The van der Waals surface area contributed by atoms with E-state index in [1.165, 1.54) is 24.8 Å². The van der Waals surface area contributed by atoms with Gasteiger partial charge in [0.05, 0.1) is 12.8 Å². The first-order valence-electron chi connectivity index (χ1n) is 8.05. The highest BCUT2D eigenvalue weighted by atomic mass is 16.5. The third kappa shape index (κ3) is 3.38. The second-order valence-electron chi connectivity index (χ2n) is 6.10. The van der Waals surface area contributed by atoms with Gasteiger partial charge < -0.3 is 10.5 Å². The van der Waals surface area contributed by atoms with Gasteiger partial charge in [-0.3, -0.25) is 9.88 Å². The summed E-state index contributed by atoms with van der Waals surface area (Å²) < 4.78 is 5.52. The number of aryl methyl sites for hydroxylation is 1. The van der Waals surface area contributed by atoms with Crippen LogP contribution in [0, 0.1) is 19.8 Å². The molecule has 0 radical (unpaired) electrons. The number of methoxy groups -OCH3 is 1. The summed E-state index contributed by atoms with van der Waals surface area (Å²) in [4.78, 5) is 7.18. The van der Waals surface area contributed by atoms with E-state index < -0.39 is 0 Å². The lowest BCUT2D eigenvalue weighted by atomic mass is 10.0. The number of nitrogens with two attached hydrogens (primary N) is 1. The molecule has 118 valence electrons. The average Bonchev–Trinajstić information content (AvgIpc) is 2.95. The first-order chi connectivity index (χ1) is 10.1. The summed E-state index contributed by atoms with van der Waals surface area (Å²) in [6.45, 7) is 9.11. The molecule has 1 fully saturated rings. The van der Waals surface area contributed by atoms with Crippen LogP contribution in [0.4, 0.5) is 0 Å². The number of hydrogen-bond donors (Lipinski definition) is 1. The van der Waals surface area contributed by atoms with E-state index in [2.05, 4.69) is 23.7 Å². The Hall–Kier alpha value is -1.13. The van der Waals surface area contributed by atoms with Crippen LogP contribution in [0.15, 0.2) is 6.20 Å². The summed E-state index contributed by atoms with van der Waals surface area (Å²) in [5.74, 6) is 1.61. The summed E-state index contributed by atoms with van der Waals surface area (Å²) in [6, 6.07) is 0.605. The van der Waals surface area contributed by atoms with Gasteiger partial charge in [-0.1, -0.05) is 13.3 Å². The van der Waals surface area contributed by atoms with E-state index >= 15 is 0 Å². The second kappa shape index (κ2) is 7.23. The highest BCUT2D eigenvalue weighted by Gasteiger charge is 2.30. The molecule has 0 aliphatic heterocycles. The molecule has 0 saturated heterocycles. The van der Waals surface area contributed by atoms with Gasteiger partial charge in [-0.2, -0.15) is 0 Å². The lowest BCUT2D eigenvalue weighted by Crippen LogP contribution is -2.40. The number of hydrogen-bond acceptors (Lipinski definition) is 4. The highest BCUT2D eigenvalue weighted by molar-refractivity contribution is 5.41. The van der Waals surface area contributed by atoms with Crippen LogP contribution in [0.25, 0.3) is 0 Å². The zero-order valence-corrected chi connectivity index (χ0v) is 13.9. The molecule has 2 rings (SSSR count). The normalized spacial score (nSPS) is 22.0. The largest absolute Gasteiger partial charge is 0.496 e. The Morgan fingerprint density at radius 2 is 2.14 bits per heavy atom. The van der Waals surface area contributed by atoms with Gasteiger partial charge in [0, 0.05) is 29.9 Å². The van der Waals surface area contributed by atoms with Gasteiger partial charge in [-0.15, -0.1) is 0 Å². The zero-order valence-electron chi connectivity index (χ0n) is 13.9. The number of rotatable bonds is 6. The number of nitrogens with zero attached hydrogens (tertiary/aromatic N) is 2. The van der Waals surface area contributed by atoms with Crippen molar-refractivity contribution in [2.75, 3.05) is 20.2 Å². The van der Waals surface area contributed by atoms with Gasteiger partial charge >= 0.3 is 0 Å². The smallest absolute Gasteiger partial charge is 0.128 e. The summed E-state index contributed by atoms with van der Waals surface area (Å²) in [6.07, 6.45) is 5.75. The predicted octanol–water partition coefficient (Wildman–Crippen LogP) is 2.66. The van der Waals surface area contributed by atoms with E-state index in [-0.39, 0.29) is 0 Å². The Bertz CT molecular complexity index is 475. The maximum absolute atomic E-state index is 5.94. The maximum atomic E-state index is 5.94. The molecule has 2 atom stereocenters. The Morgan fingerprint density at radius 1 is 1.38 bits per heavy atom. The molecule has 0 amide bonds. The summed E-state index contributed by atoms with van der Waals surface area (Å²) in [5, 5.41) is 0. The molecule has 1 aliphatic rings. The Labute approximate surface area is 128 Å². The summed E-state index contributed by atoms with van der Waals surface area (Å²) >= 11 is 0. The van der Waals surface area contributed by atoms with Crippen LogP contribution in [0.3, 0.4) is 0 Å². The fraction of sp³-hybridized carbons (Fsp3) is 0.706. The third-order valence-electron chi connectivity index (χ3n) is 4.90. The van der Waals surface area contributed by atoms with Crippen LogP contribution in [0.1, 0.15) is 43.0 Å². The van der Waals surface area contributed by atoms with Crippen molar-refractivity contribution in [3.8, 4) is 5.75 Å². The fourth-order valence-corrected chi connectivity index (χ4v) is 3.66. The SMILES string of the molecule is CCN(Cc1ncc(C)c(OC)c1C)C1CCCC1CN. The first kappa shape index (κ1) is 16.2. The van der Waals surface area contributed by atoms with Gasteiger partial charge in [0.2, 0.25) is 0 Å². The molecule has 0 aromatic carbocycles. The molecule has 4 nitrogen and oxygen atoms in total. The van der Waals surface area contributed by atoms with Crippen molar-refractivity contribution in [1.29, 1.82) is 0 Å². The molecule has 1 aromatic rings. The monoisotopic (exact) mass is 291 g/mol. The molecule has 1 aromatic heterocycles. The number of pyridine rings is 1. The maximum Gasteiger partial charge on any atom is 0.128 e. The molecule has 2 N–H and O–H groups in total. The summed E-state index contributed by atoms with van der Waals surface area (Å²) in [7, 11) is 1.73. The molecular formula is C17H29N3O. The van der Waals surface area contributed by atoms with E-state index in [1.54, 1.807) is 7.11 Å². The molecule has 21 heavy (non-hydrogen) atoms.